The number of aromatic nitrogens is 4. The molecule has 8 heteroatoms. The van der Waals surface area contributed by atoms with Crippen molar-refractivity contribution in [1.29, 1.82) is 0 Å². The Labute approximate surface area is 287 Å². The maximum atomic E-state index is 5.52. The number of hydrogen-bond donors (Lipinski definition) is 0. The van der Waals surface area contributed by atoms with Crippen molar-refractivity contribution < 1.29 is 0 Å². The SMILES string of the molecule is c1ccc(C2=NC3(N=C2c2ccccc2)c2cc4c(cc2-c2nccn23)C2(N=C(c3ccccc3)C(c3ccccc3)=N2)n2ccnc2-4)cc1. The van der Waals surface area contributed by atoms with Crippen molar-refractivity contribution in [2.75, 3.05) is 0 Å². The van der Waals surface area contributed by atoms with E-state index in [-0.39, 0.29) is 0 Å². The van der Waals surface area contributed by atoms with Gasteiger partial charge in [-0.25, -0.2) is 29.9 Å². The molecule has 234 valence electrons. The fourth-order valence-electron chi connectivity index (χ4n) is 7.82. The number of benzene rings is 5. The van der Waals surface area contributed by atoms with Crippen molar-refractivity contribution in [2.24, 2.45) is 20.0 Å². The Balaban J connectivity index is 1.18. The van der Waals surface area contributed by atoms with Crippen LogP contribution in [-0.2, 0) is 11.6 Å². The Hall–Kier alpha value is -6.80. The average Bonchev–Trinajstić information content (AvgIpc) is 4.03. The fraction of sp³-hybridized carbons (Fsp3) is 0.0476. The van der Waals surface area contributed by atoms with Crippen LogP contribution < -0.4 is 0 Å². The van der Waals surface area contributed by atoms with Crippen molar-refractivity contribution >= 4 is 22.8 Å². The zero-order valence-electron chi connectivity index (χ0n) is 26.6. The highest BCUT2D eigenvalue weighted by molar-refractivity contribution is 6.55. The average molecular weight is 643 g/mol. The van der Waals surface area contributed by atoms with Crippen molar-refractivity contribution in [3.8, 4) is 22.8 Å². The van der Waals surface area contributed by atoms with E-state index in [1.165, 1.54) is 0 Å². The number of fused-ring (bicyclic) bond motifs is 10. The monoisotopic (exact) mass is 642 g/mol. The molecule has 4 aliphatic rings. The van der Waals surface area contributed by atoms with Crippen LogP contribution in [0.2, 0.25) is 0 Å². The molecule has 8 nitrogen and oxygen atoms in total. The van der Waals surface area contributed by atoms with Gasteiger partial charge in [0.1, 0.15) is 11.6 Å². The van der Waals surface area contributed by atoms with Gasteiger partial charge in [-0.2, -0.15) is 0 Å². The first kappa shape index (κ1) is 27.2. The van der Waals surface area contributed by atoms with E-state index in [0.29, 0.717) is 0 Å². The van der Waals surface area contributed by atoms with Gasteiger partial charge in [0, 0.05) is 69.3 Å². The Morgan fingerprint density at radius 3 is 0.980 bits per heavy atom. The summed E-state index contributed by atoms with van der Waals surface area (Å²) < 4.78 is 4.19. The number of rotatable bonds is 4. The molecule has 0 atom stereocenters. The molecule has 11 rings (SSSR count). The number of aliphatic imine (C=N–C) groups is 4. The summed E-state index contributed by atoms with van der Waals surface area (Å²) in [7, 11) is 0. The van der Waals surface area contributed by atoms with Gasteiger partial charge in [0.2, 0.25) is 0 Å². The molecule has 4 aliphatic heterocycles. The first-order valence-electron chi connectivity index (χ1n) is 16.6. The van der Waals surface area contributed by atoms with Gasteiger partial charge >= 0.3 is 0 Å². The van der Waals surface area contributed by atoms with Gasteiger partial charge in [-0.05, 0) is 12.1 Å². The smallest absolute Gasteiger partial charge is 0.261 e. The third-order valence-corrected chi connectivity index (χ3v) is 10.0. The minimum absolute atomic E-state index is 0.800. The molecule has 6 heterocycles. The second-order valence-electron chi connectivity index (χ2n) is 12.8. The second kappa shape index (κ2) is 9.87. The van der Waals surface area contributed by atoms with E-state index in [9.17, 15) is 0 Å². The van der Waals surface area contributed by atoms with E-state index in [4.69, 9.17) is 29.9 Å². The van der Waals surface area contributed by atoms with E-state index < -0.39 is 11.6 Å². The molecule has 0 fully saturated rings. The quantitative estimate of drug-likeness (QED) is 0.201. The van der Waals surface area contributed by atoms with E-state index in [1.807, 2.05) is 97.6 Å². The topological polar surface area (TPSA) is 85.1 Å². The van der Waals surface area contributed by atoms with Crippen LogP contribution in [-0.4, -0.2) is 41.9 Å². The minimum atomic E-state index is -1.08. The predicted octanol–water partition coefficient (Wildman–Crippen LogP) is 7.34. The van der Waals surface area contributed by atoms with Gasteiger partial charge in [-0.3, -0.25) is 9.13 Å². The molecule has 0 saturated heterocycles. The third-order valence-electron chi connectivity index (χ3n) is 10.0. The molecule has 7 aromatic rings. The van der Waals surface area contributed by atoms with Gasteiger partial charge in [0.25, 0.3) is 11.6 Å². The summed E-state index contributed by atoms with van der Waals surface area (Å²) in [5.74, 6) is -0.554. The molecule has 0 unspecified atom stereocenters. The number of imidazole rings is 2. The third kappa shape index (κ3) is 3.54. The van der Waals surface area contributed by atoms with Crippen LogP contribution in [0.5, 0.6) is 0 Å². The Morgan fingerprint density at radius 1 is 0.380 bits per heavy atom. The highest BCUT2D eigenvalue weighted by atomic mass is 15.4. The van der Waals surface area contributed by atoms with Crippen LogP contribution in [0.25, 0.3) is 22.8 Å². The lowest BCUT2D eigenvalue weighted by Gasteiger charge is -2.23. The molecule has 50 heavy (non-hydrogen) atoms. The summed E-state index contributed by atoms with van der Waals surface area (Å²) in [6, 6.07) is 45.5. The summed E-state index contributed by atoms with van der Waals surface area (Å²) in [4.78, 5) is 31.8. The van der Waals surface area contributed by atoms with Crippen LogP contribution in [0.3, 0.4) is 0 Å². The van der Waals surface area contributed by atoms with Crippen molar-refractivity contribution in [1.82, 2.24) is 19.1 Å². The summed E-state index contributed by atoms with van der Waals surface area (Å²) >= 11 is 0. The summed E-state index contributed by atoms with van der Waals surface area (Å²) in [5.41, 5.74) is 11.2. The van der Waals surface area contributed by atoms with Crippen molar-refractivity contribution in [2.45, 2.75) is 11.6 Å². The lowest BCUT2D eigenvalue weighted by Crippen LogP contribution is -2.26. The fourth-order valence-corrected chi connectivity index (χ4v) is 7.82. The summed E-state index contributed by atoms with van der Waals surface area (Å²) in [6.07, 6.45) is 7.62. The van der Waals surface area contributed by atoms with Gasteiger partial charge in [0.15, 0.2) is 0 Å². The van der Waals surface area contributed by atoms with E-state index in [0.717, 1.165) is 79.0 Å². The van der Waals surface area contributed by atoms with Gasteiger partial charge in [0.05, 0.1) is 22.8 Å². The zero-order valence-corrected chi connectivity index (χ0v) is 26.6. The largest absolute Gasteiger partial charge is 0.283 e. The van der Waals surface area contributed by atoms with Crippen LogP contribution >= 0.6 is 0 Å². The van der Waals surface area contributed by atoms with Crippen LogP contribution in [0.1, 0.15) is 33.4 Å². The summed E-state index contributed by atoms with van der Waals surface area (Å²) in [5, 5.41) is 0. The molecule has 0 N–H and O–H groups in total. The molecule has 2 spiro atoms. The molecule has 0 amide bonds. The molecule has 2 aromatic heterocycles. The summed E-state index contributed by atoms with van der Waals surface area (Å²) in [6.45, 7) is 0. The van der Waals surface area contributed by atoms with Gasteiger partial charge in [-0.15, -0.1) is 0 Å². The number of hydrogen-bond acceptors (Lipinski definition) is 6. The molecular weight excluding hydrogens is 617 g/mol. The Bertz CT molecular complexity index is 2330. The Kier molecular flexibility index (Phi) is 5.36. The second-order valence-corrected chi connectivity index (χ2v) is 12.8. The van der Waals surface area contributed by atoms with Gasteiger partial charge in [-0.1, -0.05) is 121 Å². The van der Waals surface area contributed by atoms with Crippen LogP contribution in [0.15, 0.2) is 178 Å². The maximum absolute atomic E-state index is 5.52. The van der Waals surface area contributed by atoms with E-state index in [2.05, 4.69) is 69.8 Å². The van der Waals surface area contributed by atoms with Crippen molar-refractivity contribution in [3.05, 3.63) is 192 Å². The highest BCUT2D eigenvalue weighted by Crippen LogP contribution is 2.55. The molecule has 0 bridgehead atoms. The van der Waals surface area contributed by atoms with Crippen molar-refractivity contribution in [3.63, 3.8) is 0 Å². The molecule has 5 aromatic carbocycles. The standard InChI is InChI=1S/C42H26N8/c1-5-13-27(14-6-1)35-36(28-15-7-2-8-16-28)46-41(45-35)33-25-32-34(26-31(33)39-43-21-23-49(39)41)42(50-24-22-44-40(32)50)47-37(29-17-9-3-10-18-29)38(48-42)30-19-11-4-12-20-30/h1-26H. The molecule has 0 saturated carbocycles. The number of nitrogens with zero attached hydrogens (tertiary/aromatic N) is 8. The normalized spacial score (nSPS) is 16.8. The lowest BCUT2D eigenvalue weighted by molar-refractivity contribution is 0.420. The highest BCUT2D eigenvalue weighted by Gasteiger charge is 2.53. The molecule has 0 radical (unpaired) electrons. The maximum Gasteiger partial charge on any atom is 0.261 e. The molecule has 0 aliphatic carbocycles. The first-order valence-corrected chi connectivity index (χ1v) is 16.6. The minimum Gasteiger partial charge on any atom is -0.283 e. The first-order chi connectivity index (χ1) is 24.7. The van der Waals surface area contributed by atoms with Crippen LogP contribution in [0.4, 0.5) is 0 Å². The van der Waals surface area contributed by atoms with E-state index in [1.54, 1.807) is 0 Å². The molecular formula is C42H26N8. The predicted molar refractivity (Wildman–Crippen MR) is 195 cm³/mol. The zero-order chi connectivity index (χ0) is 32.9. The van der Waals surface area contributed by atoms with Crippen LogP contribution in [0, 0.1) is 0 Å². The van der Waals surface area contributed by atoms with E-state index >= 15 is 0 Å². The Morgan fingerprint density at radius 2 is 0.680 bits per heavy atom. The van der Waals surface area contributed by atoms with Gasteiger partial charge < -0.3 is 0 Å². The lowest BCUT2D eigenvalue weighted by atomic mass is 9.95.